The number of nitrogens with zero attached hydrogens (tertiary/aromatic N) is 1. The molecule has 0 aliphatic heterocycles. The molecule has 1 amide bonds. The number of rotatable bonds is 27. The number of carbonyl (C=O) groups is 1. The highest BCUT2D eigenvalue weighted by atomic mass is 32.2. The lowest BCUT2D eigenvalue weighted by Gasteiger charge is -2.28. The van der Waals surface area contributed by atoms with Crippen molar-refractivity contribution in [1.82, 2.24) is 5.32 Å². The number of carbonyl (C=O) groups excluding carboxylic acids is 1. The van der Waals surface area contributed by atoms with Crippen molar-refractivity contribution < 1.29 is 27.8 Å². The van der Waals surface area contributed by atoms with Crippen molar-refractivity contribution in [3.05, 3.63) is 0 Å². The molecule has 0 spiro atoms. The van der Waals surface area contributed by atoms with Crippen LogP contribution in [0.15, 0.2) is 0 Å². The molecule has 0 aromatic rings. The molecule has 0 fully saturated rings. The van der Waals surface area contributed by atoms with Gasteiger partial charge in [0.25, 0.3) is 7.82 Å². The molecule has 7 nitrogen and oxygen atoms in total. The van der Waals surface area contributed by atoms with Crippen LogP contribution in [0.2, 0.25) is 0 Å². The molecular weight excluding hydrogens is 507 g/mol. The molecule has 0 saturated carbocycles. The van der Waals surface area contributed by atoms with Crippen LogP contribution in [-0.4, -0.2) is 68.8 Å². The van der Waals surface area contributed by atoms with E-state index in [0.29, 0.717) is 23.2 Å². The molecule has 0 aromatic carbocycles. The number of unbranched alkanes of at least 4 members (excludes halogenated alkanes) is 13. The summed E-state index contributed by atoms with van der Waals surface area (Å²) in [5.41, 5.74) is 0. The van der Waals surface area contributed by atoms with Gasteiger partial charge in [0.1, 0.15) is 13.2 Å². The molecule has 0 bridgehead atoms. The van der Waals surface area contributed by atoms with E-state index in [-0.39, 0.29) is 25.2 Å². The molecular formula is C28H59N2O5PS. The van der Waals surface area contributed by atoms with Crippen LogP contribution in [0.3, 0.4) is 0 Å². The summed E-state index contributed by atoms with van der Waals surface area (Å²) in [6.45, 7) is 4.76. The van der Waals surface area contributed by atoms with E-state index in [0.717, 1.165) is 18.6 Å². The molecule has 0 aliphatic rings. The highest BCUT2D eigenvalue weighted by Gasteiger charge is 2.18. The van der Waals surface area contributed by atoms with Crippen LogP contribution < -0.4 is 10.2 Å². The van der Waals surface area contributed by atoms with Gasteiger partial charge in [0.2, 0.25) is 5.91 Å². The van der Waals surface area contributed by atoms with Gasteiger partial charge in [-0.3, -0.25) is 9.36 Å². The third-order valence-electron chi connectivity index (χ3n) is 6.25. The zero-order valence-corrected chi connectivity index (χ0v) is 26.5. The number of phosphoric ester groups is 1. The lowest BCUT2D eigenvalue weighted by Crippen LogP contribution is -2.40. The molecule has 0 aliphatic carbocycles. The minimum atomic E-state index is -4.39. The van der Waals surface area contributed by atoms with Crippen molar-refractivity contribution in [3.8, 4) is 0 Å². The molecule has 0 aromatic heterocycles. The fraction of sp³-hybridized carbons (Fsp3) is 0.964. The van der Waals surface area contributed by atoms with Crippen LogP contribution >= 0.6 is 19.6 Å². The van der Waals surface area contributed by atoms with Crippen molar-refractivity contribution in [2.75, 3.05) is 52.4 Å². The Bertz CT molecular complexity index is 589. The molecule has 0 rings (SSSR count). The first-order valence-electron chi connectivity index (χ1n) is 14.9. The average molecular weight is 567 g/mol. The number of hydrogen-bond acceptors (Lipinski definition) is 6. The van der Waals surface area contributed by atoms with Gasteiger partial charge in [0.05, 0.1) is 33.8 Å². The van der Waals surface area contributed by atoms with Crippen LogP contribution in [-0.2, 0) is 18.4 Å². The Labute approximate surface area is 233 Å². The van der Waals surface area contributed by atoms with Gasteiger partial charge in [0, 0.05) is 12.2 Å². The first-order chi connectivity index (χ1) is 17.6. The summed E-state index contributed by atoms with van der Waals surface area (Å²) >= 11 is 1.75. The summed E-state index contributed by atoms with van der Waals surface area (Å²) < 4.78 is 22.8. The van der Waals surface area contributed by atoms with E-state index in [9.17, 15) is 14.3 Å². The van der Waals surface area contributed by atoms with Gasteiger partial charge in [-0.1, -0.05) is 97.3 Å². The van der Waals surface area contributed by atoms with E-state index in [4.69, 9.17) is 9.05 Å². The van der Waals surface area contributed by atoms with Crippen LogP contribution in [0.4, 0.5) is 0 Å². The Morgan fingerprint density at radius 3 is 1.84 bits per heavy atom. The minimum absolute atomic E-state index is 0.0696. The molecule has 1 unspecified atom stereocenters. The third kappa shape index (κ3) is 27.3. The Kier molecular flexibility index (Phi) is 23.7. The number of phosphoric acid groups is 1. The zero-order valence-electron chi connectivity index (χ0n) is 24.8. The van der Waals surface area contributed by atoms with Crippen molar-refractivity contribution in [2.24, 2.45) is 0 Å². The number of thioether (sulfide) groups is 1. The molecule has 0 radical (unpaired) electrons. The smallest absolute Gasteiger partial charge is 0.268 e. The third-order valence-corrected chi connectivity index (χ3v) is 8.43. The normalized spacial score (nSPS) is 14.4. The number of likely N-dealkylation sites (N-methyl/N-ethyl adjacent to an activating group) is 1. The maximum absolute atomic E-state index is 12.1. The van der Waals surface area contributed by atoms with E-state index >= 15 is 0 Å². The monoisotopic (exact) mass is 566 g/mol. The highest BCUT2D eigenvalue weighted by Crippen LogP contribution is 2.38. The fourth-order valence-corrected chi connectivity index (χ4v) is 5.71. The number of hydrogen-bond donors (Lipinski definition) is 1. The van der Waals surface area contributed by atoms with Gasteiger partial charge in [-0.05, 0) is 18.6 Å². The summed E-state index contributed by atoms with van der Waals surface area (Å²) in [7, 11) is 1.51. The number of amides is 1. The van der Waals surface area contributed by atoms with Gasteiger partial charge in [-0.25, -0.2) is 0 Å². The number of nitrogens with one attached hydrogen (secondary N) is 1. The minimum Gasteiger partial charge on any atom is -0.756 e. The second-order valence-electron chi connectivity index (χ2n) is 11.3. The Morgan fingerprint density at radius 1 is 0.838 bits per heavy atom. The predicted molar refractivity (Wildman–Crippen MR) is 157 cm³/mol. The van der Waals surface area contributed by atoms with Crippen LogP contribution in [0, 0.1) is 0 Å². The molecule has 0 heterocycles. The second-order valence-corrected chi connectivity index (χ2v) is 13.8. The summed E-state index contributed by atoms with van der Waals surface area (Å²) in [5, 5.41) is 2.92. The second kappa shape index (κ2) is 23.7. The van der Waals surface area contributed by atoms with Crippen LogP contribution in [0.5, 0.6) is 0 Å². The standard InChI is InChI=1S/C28H59N2O5PS/c1-6-8-9-10-11-12-13-14-15-16-17-18-19-20-24-37-26-27(29-28(31)21-7-2)25-35-36(32,33)34-23-22-30(3,4)5/h27H,6-26H2,1-5H3,(H-,29,31,32,33)/t27-/m0/s1. The molecule has 9 heteroatoms. The lowest BCUT2D eigenvalue weighted by molar-refractivity contribution is -0.870. The number of quaternary nitrogens is 1. The van der Waals surface area contributed by atoms with Gasteiger partial charge in [0.15, 0.2) is 0 Å². The maximum Gasteiger partial charge on any atom is 0.268 e. The Hall–Kier alpha value is -0.110. The Balaban J connectivity index is 3.96. The zero-order chi connectivity index (χ0) is 27.8. The van der Waals surface area contributed by atoms with E-state index in [1.54, 1.807) is 11.8 Å². The van der Waals surface area contributed by atoms with Crippen LogP contribution in [0.1, 0.15) is 117 Å². The molecule has 0 saturated heterocycles. The van der Waals surface area contributed by atoms with Crippen molar-refractivity contribution in [3.63, 3.8) is 0 Å². The van der Waals surface area contributed by atoms with Crippen molar-refractivity contribution in [1.29, 1.82) is 0 Å². The summed E-state index contributed by atoms with van der Waals surface area (Å²) in [6, 6.07) is -0.347. The van der Waals surface area contributed by atoms with Gasteiger partial charge in [-0.2, -0.15) is 11.8 Å². The topological polar surface area (TPSA) is 87.7 Å². The lowest BCUT2D eigenvalue weighted by atomic mass is 10.0. The highest BCUT2D eigenvalue weighted by molar-refractivity contribution is 7.99. The maximum atomic E-state index is 12.1. The molecule has 37 heavy (non-hydrogen) atoms. The van der Waals surface area contributed by atoms with E-state index in [1.165, 1.54) is 83.5 Å². The largest absolute Gasteiger partial charge is 0.756 e. The summed E-state index contributed by atoms with van der Waals surface area (Å²) in [4.78, 5) is 24.2. The first kappa shape index (κ1) is 36.9. The average Bonchev–Trinajstić information content (AvgIpc) is 2.81. The molecule has 2 atom stereocenters. The van der Waals surface area contributed by atoms with E-state index in [1.807, 2.05) is 28.1 Å². The first-order valence-corrected chi connectivity index (χ1v) is 17.5. The Morgan fingerprint density at radius 2 is 1.35 bits per heavy atom. The van der Waals surface area contributed by atoms with E-state index in [2.05, 4.69) is 12.2 Å². The van der Waals surface area contributed by atoms with Gasteiger partial charge < -0.3 is 23.7 Å². The van der Waals surface area contributed by atoms with Crippen molar-refractivity contribution >= 4 is 25.5 Å². The van der Waals surface area contributed by atoms with Crippen LogP contribution in [0.25, 0.3) is 0 Å². The summed E-state index contributed by atoms with van der Waals surface area (Å²) in [6.07, 6.45) is 20.0. The predicted octanol–water partition coefficient (Wildman–Crippen LogP) is 6.69. The van der Waals surface area contributed by atoms with Crippen molar-refractivity contribution in [2.45, 2.75) is 123 Å². The van der Waals surface area contributed by atoms with Gasteiger partial charge in [-0.15, -0.1) is 0 Å². The van der Waals surface area contributed by atoms with Gasteiger partial charge >= 0.3 is 0 Å². The summed E-state index contributed by atoms with van der Waals surface area (Å²) in [5.74, 6) is 1.57. The SMILES string of the molecule is CCCCCCCCCCCCCCCCSC[C@H](COP(=O)([O-])OCC[N+](C)(C)C)NC(=O)CCC. The van der Waals surface area contributed by atoms with E-state index < -0.39 is 7.82 Å². The molecule has 222 valence electrons. The molecule has 1 N–H and O–H groups in total. The fourth-order valence-electron chi connectivity index (χ4n) is 3.93. The quantitative estimate of drug-likeness (QED) is 0.0677.